The highest BCUT2D eigenvalue weighted by molar-refractivity contribution is 5.75. The Balaban J connectivity index is 1.67. The second kappa shape index (κ2) is 11.6. The highest BCUT2D eigenvalue weighted by Crippen LogP contribution is 2.48. The first kappa shape index (κ1) is 26.5. The predicted octanol–water partition coefficient (Wildman–Crippen LogP) is 5.18. The van der Waals surface area contributed by atoms with E-state index in [1.165, 1.54) is 5.56 Å². The van der Waals surface area contributed by atoms with Gasteiger partial charge in [-0.25, -0.2) is 4.79 Å². The van der Waals surface area contributed by atoms with E-state index < -0.39 is 11.4 Å². The summed E-state index contributed by atoms with van der Waals surface area (Å²) in [5.41, 5.74) is 1.77. The molecule has 1 aromatic rings. The third kappa shape index (κ3) is 6.74. The third-order valence-electron chi connectivity index (χ3n) is 7.53. The lowest BCUT2D eigenvalue weighted by atomic mass is 9.73. The minimum absolute atomic E-state index is 0.101. The molecule has 2 aliphatic rings. The van der Waals surface area contributed by atoms with Crippen LogP contribution >= 0.6 is 0 Å². The fraction of sp³-hybridized carbons (Fsp3) is 0.714. The third-order valence-corrected chi connectivity index (χ3v) is 7.53. The van der Waals surface area contributed by atoms with Gasteiger partial charge in [-0.3, -0.25) is 4.79 Å². The molecule has 1 fully saturated rings. The van der Waals surface area contributed by atoms with Crippen LogP contribution in [0.2, 0.25) is 0 Å². The van der Waals surface area contributed by atoms with Crippen LogP contribution in [0.25, 0.3) is 0 Å². The second-order valence-corrected chi connectivity index (χ2v) is 11.2. The molecule has 2 N–H and O–H groups in total. The number of aliphatic hydroxyl groups is 1. The summed E-state index contributed by atoms with van der Waals surface area (Å²) in [6.45, 7) is 7.49. The number of aliphatic carboxylic acids is 1. The van der Waals surface area contributed by atoms with Gasteiger partial charge in [0.1, 0.15) is 11.9 Å². The van der Waals surface area contributed by atoms with Crippen LogP contribution in [0.5, 0.6) is 5.75 Å². The number of hydrogen-bond acceptors (Lipinski definition) is 5. The van der Waals surface area contributed by atoms with E-state index in [9.17, 15) is 14.7 Å². The van der Waals surface area contributed by atoms with Crippen LogP contribution in [0.1, 0.15) is 83.8 Å². The number of benzene rings is 1. The molecule has 3 rings (SSSR count). The summed E-state index contributed by atoms with van der Waals surface area (Å²) >= 11 is 0. The number of fused-ring (bicyclic) bond motifs is 2. The maximum absolute atomic E-state index is 12.5. The number of carbonyl (C=O) groups excluding carboxylic acids is 1. The summed E-state index contributed by atoms with van der Waals surface area (Å²) in [6.07, 6.45) is 7.78. The Morgan fingerprint density at radius 1 is 1.15 bits per heavy atom. The first-order chi connectivity index (χ1) is 16.1. The number of unbranched alkanes of at least 4 members (excludes halogenated alkanes) is 2. The molecule has 0 radical (unpaired) electrons. The topological polar surface area (TPSA) is 93.1 Å². The van der Waals surface area contributed by atoms with Crippen LogP contribution in [-0.4, -0.2) is 41.0 Å². The normalized spacial score (nSPS) is 24.7. The standard InChI is InChI=1S/C28H42O6/c1-5-6-7-10-20(34-27(32)28(2,3)4)12-13-21-22-14-18-9-8-11-25(33-17-26(30)31)23(18)15-19(22)16-24(21)29/h8-9,11,19-22,24,29H,5-7,10,12-17H2,1-4H3,(H,30,31)/t19-,20-,21+,22-,24+/m0/s1. The van der Waals surface area contributed by atoms with Gasteiger partial charge in [0.2, 0.25) is 0 Å². The Kier molecular flexibility index (Phi) is 9.02. The quantitative estimate of drug-likeness (QED) is 0.339. The second-order valence-electron chi connectivity index (χ2n) is 11.2. The molecule has 0 aromatic heterocycles. The van der Waals surface area contributed by atoms with Crippen molar-refractivity contribution < 1.29 is 29.3 Å². The van der Waals surface area contributed by atoms with Crippen molar-refractivity contribution in [1.82, 2.24) is 0 Å². The number of rotatable bonds is 11. The van der Waals surface area contributed by atoms with Gasteiger partial charge < -0.3 is 19.7 Å². The van der Waals surface area contributed by atoms with E-state index in [2.05, 4.69) is 13.0 Å². The molecule has 0 aliphatic heterocycles. The van der Waals surface area contributed by atoms with Crippen molar-refractivity contribution >= 4 is 11.9 Å². The zero-order chi connectivity index (χ0) is 24.9. The molecule has 1 aromatic carbocycles. The van der Waals surface area contributed by atoms with Gasteiger partial charge in [0.25, 0.3) is 0 Å². The zero-order valence-corrected chi connectivity index (χ0v) is 21.2. The van der Waals surface area contributed by atoms with Crippen LogP contribution in [0.15, 0.2) is 18.2 Å². The molecular weight excluding hydrogens is 432 g/mol. The molecule has 0 unspecified atom stereocenters. The Hall–Kier alpha value is -2.08. The highest BCUT2D eigenvalue weighted by atomic mass is 16.5. The monoisotopic (exact) mass is 474 g/mol. The van der Waals surface area contributed by atoms with Crippen molar-refractivity contribution in [3.05, 3.63) is 29.3 Å². The van der Waals surface area contributed by atoms with Crippen molar-refractivity contribution in [2.24, 2.45) is 23.2 Å². The van der Waals surface area contributed by atoms with Crippen molar-refractivity contribution in [2.75, 3.05) is 6.61 Å². The van der Waals surface area contributed by atoms with Crippen molar-refractivity contribution in [3.63, 3.8) is 0 Å². The van der Waals surface area contributed by atoms with E-state index in [0.29, 0.717) is 17.6 Å². The lowest BCUT2D eigenvalue weighted by Crippen LogP contribution is -2.31. The minimum atomic E-state index is -0.983. The Bertz CT molecular complexity index is 842. The first-order valence-electron chi connectivity index (χ1n) is 12.9. The zero-order valence-electron chi connectivity index (χ0n) is 21.2. The summed E-state index contributed by atoms with van der Waals surface area (Å²) in [5, 5.41) is 19.9. The van der Waals surface area contributed by atoms with Crippen molar-refractivity contribution in [3.8, 4) is 5.75 Å². The van der Waals surface area contributed by atoms with E-state index in [1.54, 1.807) is 0 Å². The largest absolute Gasteiger partial charge is 0.482 e. The van der Waals surface area contributed by atoms with Gasteiger partial charge in [0.05, 0.1) is 11.5 Å². The SMILES string of the molecule is CCCCC[C@@H](CC[C@@H]1[C@H]2Cc3cccc(OCC(=O)O)c3C[C@H]2C[C@H]1O)OC(=O)C(C)(C)C. The van der Waals surface area contributed by atoms with Gasteiger partial charge >= 0.3 is 11.9 Å². The highest BCUT2D eigenvalue weighted by Gasteiger charge is 2.45. The number of carboxylic acid groups (broad SMARTS) is 1. The maximum Gasteiger partial charge on any atom is 0.341 e. The molecule has 2 aliphatic carbocycles. The number of esters is 1. The van der Waals surface area contributed by atoms with Crippen molar-refractivity contribution in [1.29, 1.82) is 0 Å². The van der Waals surface area contributed by atoms with E-state index >= 15 is 0 Å². The van der Waals surface area contributed by atoms with Gasteiger partial charge in [0, 0.05) is 0 Å². The lowest BCUT2D eigenvalue weighted by Gasteiger charge is -2.33. The average molecular weight is 475 g/mol. The summed E-state index contributed by atoms with van der Waals surface area (Å²) in [4.78, 5) is 23.5. The molecule has 1 saturated carbocycles. The molecule has 6 heteroatoms. The summed E-state index contributed by atoms with van der Waals surface area (Å²) in [5.74, 6) is 0.442. The number of aliphatic hydroxyl groups excluding tert-OH is 1. The minimum Gasteiger partial charge on any atom is -0.482 e. The fourth-order valence-electron chi connectivity index (χ4n) is 5.67. The number of carboxylic acids is 1. The van der Waals surface area contributed by atoms with Gasteiger partial charge in [-0.15, -0.1) is 0 Å². The Labute approximate surface area is 204 Å². The van der Waals surface area contributed by atoms with Crippen LogP contribution < -0.4 is 4.74 Å². The summed E-state index contributed by atoms with van der Waals surface area (Å²) < 4.78 is 11.5. The molecule has 190 valence electrons. The van der Waals surface area contributed by atoms with Crippen LogP contribution in [-0.2, 0) is 27.2 Å². The number of carbonyl (C=O) groups is 2. The molecule has 0 spiro atoms. The molecule has 0 saturated heterocycles. The molecule has 0 amide bonds. The van der Waals surface area contributed by atoms with Crippen LogP contribution in [0.3, 0.4) is 0 Å². The molecular formula is C28H42O6. The smallest absolute Gasteiger partial charge is 0.341 e. The maximum atomic E-state index is 12.5. The van der Waals surface area contributed by atoms with Gasteiger partial charge in [0.15, 0.2) is 6.61 Å². The van der Waals surface area contributed by atoms with E-state index in [4.69, 9.17) is 14.6 Å². The molecule has 6 nitrogen and oxygen atoms in total. The van der Waals surface area contributed by atoms with Crippen LogP contribution in [0.4, 0.5) is 0 Å². The lowest BCUT2D eigenvalue weighted by molar-refractivity contribution is -0.159. The summed E-state index contributed by atoms with van der Waals surface area (Å²) in [6, 6.07) is 5.86. The summed E-state index contributed by atoms with van der Waals surface area (Å²) in [7, 11) is 0. The van der Waals surface area contributed by atoms with E-state index in [1.807, 2.05) is 32.9 Å². The Morgan fingerprint density at radius 3 is 2.59 bits per heavy atom. The van der Waals surface area contributed by atoms with E-state index in [-0.39, 0.29) is 30.7 Å². The molecule has 0 heterocycles. The average Bonchev–Trinajstić information content (AvgIpc) is 3.07. The van der Waals surface area contributed by atoms with E-state index in [0.717, 1.165) is 63.4 Å². The first-order valence-corrected chi connectivity index (χ1v) is 12.9. The predicted molar refractivity (Wildman–Crippen MR) is 131 cm³/mol. The van der Waals surface area contributed by atoms with Crippen molar-refractivity contribution in [2.45, 2.75) is 97.7 Å². The Morgan fingerprint density at radius 2 is 1.91 bits per heavy atom. The van der Waals surface area contributed by atoms with Gasteiger partial charge in [-0.1, -0.05) is 31.9 Å². The van der Waals surface area contributed by atoms with Gasteiger partial charge in [-0.2, -0.15) is 0 Å². The number of hydrogen-bond donors (Lipinski definition) is 2. The van der Waals surface area contributed by atoms with Crippen LogP contribution in [0, 0.1) is 23.2 Å². The number of ether oxygens (including phenoxy) is 2. The van der Waals surface area contributed by atoms with Gasteiger partial charge in [-0.05, 0) is 101 Å². The molecule has 0 bridgehead atoms. The molecule has 5 atom stereocenters. The fourth-order valence-corrected chi connectivity index (χ4v) is 5.67. The molecule has 34 heavy (non-hydrogen) atoms.